The summed E-state index contributed by atoms with van der Waals surface area (Å²) in [6.07, 6.45) is 1.04. The van der Waals surface area contributed by atoms with Gasteiger partial charge in [0.15, 0.2) is 5.96 Å². The lowest BCUT2D eigenvalue weighted by molar-refractivity contribution is 0.180. The Labute approximate surface area is 139 Å². The lowest BCUT2D eigenvalue weighted by atomic mass is 10.1. The van der Waals surface area contributed by atoms with Gasteiger partial charge >= 0.3 is 0 Å². The third kappa shape index (κ3) is 8.19. The standard InChI is InChI=1S/C17H27N5O/c1-19-17(20-8-10-22(2)9-5-11-23-3)21-14-16-7-4-6-15(12-16)13-18/h4,6-7,12H,5,8-11,14H2,1-3H3,(H2,19,20,21). The van der Waals surface area contributed by atoms with Crippen molar-refractivity contribution < 1.29 is 4.74 Å². The molecule has 0 fully saturated rings. The van der Waals surface area contributed by atoms with Crippen molar-refractivity contribution in [3.63, 3.8) is 0 Å². The Morgan fingerprint density at radius 3 is 2.87 bits per heavy atom. The normalized spacial score (nSPS) is 11.3. The van der Waals surface area contributed by atoms with E-state index in [2.05, 4.69) is 33.6 Å². The maximum Gasteiger partial charge on any atom is 0.191 e. The third-order valence-corrected chi connectivity index (χ3v) is 3.41. The van der Waals surface area contributed by atoms with E-state index in [-0.39, 0.29) is 0 Å². The summed E-state index contributed by atoms with van der Waals surface area (Å²) in [5.74, 6) is 0.762. The number of nitrogens with one attached hydrogen (secondary N) is 2. The maximum absolute atomic E-state index is 8.91. The minimum atomic E-state index is 0.638. The molecular formula is C17H27N5O. The smallest absolute Gasteiger partial charge is 0.191 e. The zero-order valence-electron chi connectivity index (χ0n) is 14.3. The van der Waals surface area contributed by atoms with Gasteiger partial charge in [0.1, 0.15) is 0 Å². The quantitative estimate of drug-likeness (QED) is 0.407. The average Bonchev–Trinajstić information content (AvgIpc) is 2.58. The molecule has 1 aromatic carbocycles. The van der Waals surface area contributed by atoms with E-state index in [0.717, 1.165) is 44.2 Å². The Morgan fingerprint density at radius 1 is 1.35 bits per heavy atom. The second kappa shape index (κ2) is 11.5. The molecule has 1 rings (SSSR count). The van der Waals surface area contributed by atoms with Gasteiger partial charge in [-0.1, -0.05) is 12.1 Å². The number of aliphatic imine (C=N–C) groups is 1. The van der Waals surface area contributed by atoms with Crippen molar-refractivity contribution in [2.24, 2.45) is 4.99 Å². The highest BCUT2D eigenvalue weighted by molar-refractivity contribution is 5.79. The van der Waals surface area contributed by atoms with Crippen molar-refractivity contribution in [1.82, 2.24) is 15.5 Å². The molecule has 0 saturated heterocycles. The minimum absolute atomic E-state index is 0.638. The summed E-state index contributed by atoms with van der Waals surface area (Å²) in [5.41, 5.74) is 1.73. The Hall–Kier alpha value is -2.10. The van der Waals surface area contributed by atoms with E-state index in [0.29, 0.717) is 12.1 Å². The predicted octanol–water partition coefficient (Wildman–Crippen LogP) is 1.19. The molecule has 0 saturated carbocycles. The molecule has 0 aromatic heterocycles. The monoisotopic (exact) mass is 317 g/mol. The number of nitriles is 1. The van der Waals surface area contributed by atoms with Crippen molar-refractivity contribution >= 4 is 5.96 Å². The Bertz CT molecular complexity index is 524. The lowest BCUT2D eigenvalue weighted by Gasteiger charge is -2.18. The van der Waals surface area contributed by atoms with E-state index >= 15 is 0 Å². The van der Waals surface area contributed by atoms with E-state index in [4.69, 9.17) is 10.00 Å². The van der Waals surface area contributed by atoms with Crippen LogP contribution in [0.25, 0.3) is 0 Å². The molecule has 126 valence electrons. The van der Waals surface area contributed by atoms with Gasteiger partial charge in [-0.25, -0.2) is 0 Å². The van der Waals surface area contributed by atoms with Gasteiger partial charge in [0.2, 0.25) is 0 Å². The van der Waals surface area contributed by atoms with Gasteiger partial charge in [0.25, 0.3) is 0 Å². The first-order chi connectivity index (χ1) is 11.2. The van der Waals surface area contributed by atoms with Crippen molar-refractivity contribution in [2.75, 3.05) is 47.4 Å². The molecule has 6 heteroatoms. The van der Waals surface area contributed by atoms with Gasteiger partial charge in [-0.05, 0) is 31.2 Å². The fourth-order valence-electron chi connectivity index (χ4n) is 2.11. The van der Waals surface area contributed by atoms with Crippen LogP contribution < -0.4 is 10.6 Å². The largest absolute Gasteiger partial charge is 0.385 e. The van der Waals surface area contributed by atoms with Gasteiger partial charge in [-0.2, -0.15) is 5.26 Å². The second-order valence-corrected chi connectivity index (χ2v) is 5.31. The summed E-state index contributed by atoms with van der Waals surface area (Å²) in [6.45, 7) is 4.21. The molecule has 0 heterocycles. The van der Waals surface area contributed by atoms with Crippen LogP contribution in [-0.2, 0) is 11.3 Å². The minimum Gasteiger partial charge on any atom is -0.385 e. The number of hydrogen-bond donors (Lipinski definition) is 2. The SMILES string of the molecule is CN=C(NCCN(C)CCCOC)NCc1cccc(C#N)c1. The van der Waals surface area contributed by atoms with Gasteiger partial charge in [-0.3, -0.25) is 4.99 Å². The van der Waals surface area contributed by atoms with Gasteiger partial charge < -0.3 is 20.3 Å². The number of likely N-dealkylation sites (N-methyl/N-ethyl adjacent to an activating group) is 1. The molecule has 23 heavy (non-hydrogen) atoms. The van der Waals surface area contributed by atoms with E-state index in [1.807, 2.05) is 18.2 Å². The first-order valence-corrected chi connectivity index (χ1v) is 7.80. The predicted molar refractivity (Wildman–Crippen MR) is 93.3 cm³/mol. The van der Waals surface area contributed by atoms with Crippen LogP contribution in [0.4, 0.5) is 0 Å². The van der Waals surface area contributed by atoms with Crippen molar-refractivity contribution in [1.29, 1.82) is 5.26 Å². The highest BCUT2D eigenvalue weighted by Crippen LogP contribution is 2.03. The fourth-order valence-corrected chi connectivity index (χ4v) is 2.11. The first-order valence-electron chi connectivity index (χ1n) is 7.80. The molecule has 0 bridgehead atoms. The van der Waals surface area contributed by atoms with Gasteiger partial charge in [0, 0.05) is 46.9 Å². The van der Waals surface area contributed by atoms with Crippen LogP contribution in [0.5, 0.6) is 0 Å². The van der Waals surface area contributed by atoms with Gasteiger partial charge in [-0.15, -0.1) is 0 Å². The summed E-state index contributed by atoms with van der Waals surface area (Å²) in [4.78, 5) is 6.47. The summed E-state index contributed by atoms with van der Waals surface area (Å²) < 4.78 is 5.05. The van der Waals surface area contributed by atoms with Gasteiger partial charge in [0.05, 0.1) is 11.6 Å². The van der Waals surface area contributed by atoms with E-state index < -0.39 is 0 Å². The number of guanidine groups is 1. The summed E-state index contributed by atoms with van der Waals surface area (Å²) in [5, 5.41) is 15.5. The Morgan fingerprint density at radius 2 is 2.17 bits per heavy atom. The molecule has 0 aliphatic rings. The van der Waals surface area contributed by atoms with Crippen LogP contribution in [0.1, 0.15) is 17.5 Å². The zero-order chi connectivity index (χ0) is 16.9. The van der Waals surface area contributed by atoms with E-state index in [1.54, 1.807) is 20.2 Å². The van der Waals surface area contributed by atoms with Crippen LogP contribution in [0.3, 0.4) is 0 Å². The molecule has 0 spiro atoms. The van der Waals surface area contributed by atoms with Crippen LogP contribution in [-0.4, -0.2) is 58.3 Å². The number of hydrogen-bond acceptors (Lipinski definition) is 4. The first kappa shape index (κ1) is 18.9. The summed E-state index contributed by atoms with van der Waals surface area (Å²) in [6, 6.07) is 9.71. The summed E-state index contributed by atoms with van der Waals surface area (Å²) >= 11 is 0. The molecule has 0 radical (unpaired) electrons. The maximum atomic E-state index is 8.91. The highest BCUT2D eigenvalue weighted by atomic mass is 16.5. The highest BCUT2D eigenvalue weighted by Gasteiger charge is 2.01. The van der Waals surface area contributed by atoms with Crippen LogP contribution in [0, 0.1) is 11.3 Å². The number of methoxy groups -OCH3 is 1. The Balaban J connectivity index is 2.28. The molecule has 0 unspecified atom stereocenters. The number of ether oxygens (including phenoxy) is 1. The molecule has 0 aliphatic carbocycles. The van der Waals surface area contributed by atoms with Crippen LogP contribution in [0.15, 0.2) is 29.3 Å². The lowest BCUT2D eigenvalue weighted by Crippen LogP contribution is -2.40. The molecule has 2 N–H and O–H groups in total. The molecule has 0 amide bonds. The number of rotatable bonds is 9. The average molecular weight is 317 g/mol. The van der Waals surface area contributed by atoms with Crippen LogP contribution >= 0.6 is 0 Å². The second-order valence-electron chi connectivity index (χ2n) is 5.31. The number of benzene rings is 1. The van der Waals surface area contributed by atoms with Crippen molar-refractivity contribution in [3.8, 4) is 6.07 Å². The topological polar surface area (TPSA) is 72.7 Å². The zero-order valence-corrected chi connectivity index (χ0v) is 14.3. The van der Waals surface area contributed by atoms with E-state index in [9.17, 15) is 0 Å². The van der Waals surface area contributed by atoms with Crippen molar-refractivity contribution in [2.45, 2.75) is 13.0 Å². The van der Waals surface area contributed by atoms with E-state index in [1.165, 1.54) is 0 Å². The number of nitrogens with zero attached hydrogens (tertiary/aromatic N) is 3. The summed E-state index contributed by atoms with van der Waals surface area (Å²) in [7, 11) is 5.58. The van der Waals surface area contributed by atoms with Crippen LogP contribution in [0.2, 0.25) is 0 Å². The molecule has 1 aromatic rings. The molecule has 0 aliphatic heterocycles. The van der Waals surface area contributed by atoms with Crippen molar-refractivity contribution in [3.05, 3.63) is 35.4 Å². The molecule has 6 nitrogen and oxygen atoms in total. The third-order valence-electron chi connectivity index (χ3n) is 3.41. The Kier molecular flexibility index (Phi) is 9.45. The molecular weight excluding hydrogens is 290 g/mol. The molecule has 0 atom stereocenters. The fraction of sp³-hybridized carbons (Fsp3) is 0.529.